The second kappa shape index (κ2) is 5.90. The van der Waals surface area contributed by atoms with E-state index in [9.17, 15) is 8.42 Å². The Morgan fingerprint density at radius 2 is 2.26 bits per heavy atom. The van der Waals surface area contributed by atoms with Crippen molar-refractivity contribution in [1.29, 1.82) is 0 Å². The van der Waals surface area contributed by atoms with Crippen LogP contribution in [-0.4, -0.2) is 34.7 Å². The monoisotopic (exact) mass is 284 g/mol. The number of nitrogens with one attached hydrogen (secondary N) is 2. The van der Waals surface area contributed by atoms with Crippen LogP contribution in [0.3, 0.4) is 0 Å². The fourth-order valence-corrected chi connectivity index (χ4v) is 3.43. The summed E-state index contributed by atoms with van der Waals surface area (Å²) in [5.74, 6) is 0. The maximum atomic E-state index is 12.2. The van der Waals surface area contributed by atoms with E-state index in [0.717, 1.165) is 18.7 Å². The molecule has 0 radical (unpaired) electrons. The van der Waals surface area contributed by atoms with Gasteiger partial charge in [0.1, 0.15) is 0 Å². The zero-order valence-electron chi connectivity index (χ0n) is 11.3. The van der Waals surface area contributed by atoms with E-state index in [1.54, 1.807) is 19.2 Å². The Kier molecular flexibility index (Phi) is 4.44. The van der Waals surface area contributed by atoms with Crippen molar-refractivity contribution in [3.05, 3.63) is 23.8 Å². The highest BCUT2D eigenvalue weighted by Crippen LogP contribution is 2.25. The Morgan fingerprint density at radius 3 is 3.00 bits per heavy atom. The molecule has 0 spiro atoms. The molecule has 0 bridgehead atoms. The van der Waals surface area contributed by atoms with Crippen LogP contribution in [0.2, 0.25) is 0 Å². The van der Waals surface area contributed by atoms with Gasteiger partial charge in [-0.1, -0.05) is 6.07 Å². The van der Waals surface area contributed by atoms with Gasteiger partial charge < -0.3 is 10.1 Å². The Hall–Kier alpha value is -1.11. The van der Waals surface area contributed by atoms with Gasteiger partial charge in [0.2, 0.25) is 10.0 Å². The minimum absolute atomic E-state index is 0.147. The first kappa shape index (κ1) is 14.3. The molecule has 6 heteroatoms. The second-order valence-corrected chi connectivity index (χ2v) is 6.51. The van der Waals surface area contributed by atoms with E-state index in [0.29, 0.717) is 17.9 Å². The molecule has 0 amide bonds. The number of ether oxygens (including phenoxy) is 1. The number of hydrogen-bond acceptors (Lipinski definition) is 4. The first-order valence-corrected chi connectivity index (χ1v) is 7.89. The molecular weight excluding hydrogens is 264 g/mol. The Morgan fingerprint density at radius 1 is 1.47 bits per heavy atom. The lowest BCUT2D eigenvalue weighted by atomic mass is 10.2. The average molecular weight is 284 g/mol. The predicted molar refractivity (Wildman–Crippen MR) is 74.9 cm³/mol. The molecule has 2 rings (SSSR count). The molecular formula is C13H20N2O3S. The summed E-state index contributed by atoms with van der Waals surface area (Å²) in [7, 11) is -1.85. The maximum Gasteiger partial charge on any atom is 0.240 e. The number of hydrogen-bond donors (Lipinski definition) is 2. The normalized spacial score (nSPS) is 15.9. The standard InChI is InChI=1S/C13H20N2O3S/c1-10(6-8-18-2)15-19(16,17)12-4-3-11-5-7-14-13(11)9-12/h3-4,9-10,14-15H,5-8H2,1-2H3. The molecule has 106 valence electrons. The highest BCUT2D eigenvalue weighted by atomic mass is 32.2. The molecule has 1 aromatic carbocycles. The first-order chi connectivity index (χ1) is 9.03. The third-order valence-electron chi connectivity index (χ3n) is 3.21. The van der Waals surface area contributed by atoms with Gasteiger partial charge in [0.05, 0.1) is 4.90 Å². The van der Waals surface area contributed by atoms with E-state index in [1.807, 2.05) is 13.0 Å². The lowest BCUT2D eigenvalue weighted by Gasteiger charge is -2.14. The van der Waals surface area contributed by atoms with E-state index in [4.69, 9.17) is 4.74 Å². The average Bonchev–Trinajstić information content (AvgIpc) is 2.82. The summed E-state index contributed by atoms with van der Waals surface area (Å²) in [6.45, 7) is 3.24. The van der Waals surface area contributed by atoms with E-state index in [-0.39, 0.29) is 6.04 Å². The van der Waals surface area contributed by atoms with Crippen LogP contribution in [0.5, 0.6) is 0 Å². The highest BCUT2D eigenvalue weighted by Gasteiger charge is 2.20. The van der Waals surface area contributed by atoms with Crippen molar-refractivity contribution in [2.24, 2.45) is 0 Å². The van der Waals surface area contributed by atoms with E-state index >= 15 is 0 Å². The van der Waals surface area contributed by atoms with Gasteiger partial charge in [0, 0.05) is 32.0 Å². The summed E-state index contributed by atoms with van der Waals surface area (Å²) >= 11 is 0. The molecule has 1 aromatic rings. The number of sulfonamides is 1. The zero-order chi connectivity index (χ0) is 13.9. The molecule has 0 aromatic heterocycles. The van der Waals surface area contributed by atoms with Crippen LogP contribution in [0.15, 0.2) is 23.1 Å². The first-order valence-electron chi connectivity index (χ1n) is 6.41. The van der Waals surface area contributed by atoms with Crippen LogP contribution < -0.4 is 10.0 Å². The van der Waals surface area contributed by atoms with Gasteiger partial charge in [0.25, 0.3) is 0 Å². The van der Waals surface area contributed by atoms with Crippen molar-refractivity contribution in [3.8, 4) is 0 Å². The summed E-state index contributed by atoms with van der Waals surface area (Å²) in [5.41, 5.74) is 2.10. The van der Waals surface area contributed by atoms with Crippen molar-refractivity contribution in [2.75, 3.05) is 25.6 Å². The smallest absolute Gasteiger partial charge is 0.240 e. The second-order valence-electron chi connectivity index (χ2n) is 4.80. The van der Waals surface area contributed by atoms with Crippen LogP contribution in [0, 0.1) is 0 Å². The van der Waals surface area contributed by atoms with Crippen molar-refractivity contribution in [3.63, 3.8) is 0 Å². The molecule has 1 atom stereocenters. The van der Waals surface area contributed by atoms with Crippen molar-refractivity contribution in [1.82, 2.24) is 4.72 Å². The Balaban J connectivity index is 2.11. The summed E-state index contributed by atoms with van der Waals surface area (Å²) in [4.78, 5) is 0.310. The number of benzene rings is 1. The van der Waals surface area contributed by atoms with Gasteiger partial charge in [-0.15, -0.1) is 0 Å². The third kappa shape index (κ3) is 3.46. The van der Waals surface area contributed by atoms with Crippen LogP contribution in [-0.2, 0) is 21.2 Å². The quantitative estimate of drug-likeness (QED) is 0.827. The molecule has 1 aliphatic heterocycles. The number of rotatable bonds is 6. The zero-order valence-corrected chi connectivity index (χ0v) is 12.1. The van der Waals surface area contributed by atoms with Crippen molar-refractivity contribution >= 4 is 15.7 Å². The number of methoxy groups -OCH3 is 1. The molecule has 0 saturated carbocycles. The molecule has 19 heavy (non-hydrogen) atoms. The SMILES string of the molecule is COCCC(C)NS(=O)(=O)c1ccc2c(c1)NCC2. The van der Waals surface area contributed by atoms with Crippen molar-refractivity contribution in [2.45, 2.75) is 30.7 Å². The summed E-state index contributed by atoms with van der Waals surface area (Å²) in [6.07, 6.45) is 1.60. The lowest BCUT2D eigenvalue weighted by molar-refractivity contribution is 0.188. The molecule has 1 unspecified atom stereocenters. The molecule has 0 fully saturated rings. The minimum atomic E-state index is -3.46. The number of anilines is 1. The lowest BCUT2D eigenvalue weighted by Crippen LogP contribution is -2.33. The Bertz CT molecular complexity index is 543. The molecule has 0 aliphatic carbocycles. The van der Waals surface area contributed by atoms with Gasteiger partial charge in [-0.05, 0) is 37.5 Å². The van der Waals surface area contributed by atoms with Crippen LogP contribution >= 0.6 is 0 Å². The fraction of sp³-hybridized carbons (Fsp3) is 0.538. The van der Waals surface area contributed by atoms with Gasteiger partial charge >= 0.3 is 0 Å². The predicted octanol–water partition coefficient (Wildman–Crippen LogP) is 1.36. The van der Waals surface area contributed by atoms with Gasteiger partial charge in [-0.3, -0.25) is 0 Å². The topological polar surface area (TPSA) is 67.4 Å². The van der Waals surface area contributed by atoms with Crippen LogP contribution in [0.1, 0.15) is 18.9 Å². The van der Waals surface area contributed by atoms with E-state index in [2.05, 4.69) is 10.0 Å². The summed E-state index contributed by atoms with van der Waals surface area (Å²) in [5, 5.41) is 3.19. The summed E-state index contributed by atoms with van der Waals surface area (Å²) in [6, 6.07) is 5.10. The fourth-order valence-electron chi connectivity index (χ4n) is 2.12. The van der Waals surface area contributed by atoms with Crippen molar-refractivity contribution < 1.29 is 13.2 Å². The van der Waals surface area contributed by atoms with Gasteiger partial charge in [0.15, 0.2) is 0 Å². The molecule has 1 aliphatic rings. The largest absolute Gasteiger partial charge is 0.385 e. The molecule has 0 saturated heterocycles. The summed E-state index contributed by atoms with van der Waals surface area (Å²) < 4.78 is 32.1. The Labute approximate surface area is 114 Å². The molecule has 2 N–H and O–H groups in total. The van der Waals surface area contributed by atoms with E-state index < -0.39 is 10.0 Å². The highest BCUT2D eigenvalue weighted by molar-refractivity contribution is 7.89. The van der Waals surface area contributed by atoms with E-state index in [1.165, 1.54) is 5.56 Å². The third-order valence-corrected chi connectivity index (χ3v) is 4.80. The van der Waals surface area contributed by atoms with Gasteiger partial charge in [-0.25, -0.2) is 13.1 Å². The molecule has 5 nitrogen and oxygen atoms in total. The van der Waals surface area contributed by atoms with Crippen LogP contribution in [0.25, 0.3) is 0 Å². The minimum Gasteiger partial charge on any atom is -0.385 e. The van der Waals surface area contributed by atoms with Gasteiger partial charge in [-0.2, -0.15) is 0 Å². The number of fused-ring (bicyclic) bond motifs is 1. The van der Waals surface area contributed by atoms with Crippen LogP contribution in [0.4, 0.5) is 5.69 Å². The maximum absolute atomic E-state index is 12.2. The molecule has 1 heterocycles.